The molecular weight excluding hydrogens is 270 g/mol. The molecule has 1 amide bonds. The third-order valence-electron chi connectivity index (χ3n) is 2.83. The number of aliphatic hydroxyl groups excluding tert-OH is 1. The Morgan fingerprint density at radius 2 is 2.00 bits per heavy atom. The van der Waals surface area contributed by atoms with Gasteiger partial charge >= 0.3 is 0 Å². The van der Waals surface area contributed by atoms with Gasteiger partial charge in [0.25, 0.3) is 5.91 Å². The number of amides is 1. The summed E-state index contributed by atoms with van der Waals surface area (Å²) in [5.41, 5.74) is 1.40. The Labute approximate surface area is 123 Å². The summed E-state index contributed by atoms with van der Waals surface area (Å²) in [6, 6.07) is 9.86. The van der Waals surface area contributed by atoms with Crippen LogP contribution in [0.15, 0.2) is 36.5 Å². The van der Waals surface area contributed by atoms with Crippen LogP contribution in [0.2, 0.25) is 0 Å². The van der Waals surface area contributed by atoms with Crippen LogP contribution < -0.4 is 10.6 Å². The second-order valence-electron chi connectivity index (χ2n) is 4.52. The quantitative estimate of drug-likeness (QED) is 0.577. The molecular formula is C14H19N5O2. The third-order valence-corrected chi connectivity index (χ3v) is 2.83. The van der Waals surface area contributed by atoms with Crippen molar-refractivity contribution in [3.63, 3.8) is 0 Å². The monoisotopic (exact) mass is 289 g/mol. The van der Waals surface area contributed by atoms with E-state index in [1.807, 2.05) is 30.3 Å². The van der Waals surface area contributed by atoms with E-state index in [0.29, 0.717) is 31.9 Å². The number of carbonyl (C=O) groups excluding carboxylic acids is 1. The third kappa shape index (κ3) is 4.97. The van der Waals surface area contributed by atoms with E-state index in [-0.39, 0.29) is 12.5 Å². The molecule has 2 aromatic rings. The van der Waals surface area contributed by atoms with Gasteiger partial charge in [-0.25, -0.2) is 4.68 Å². The maximum absolute atomic E-state index is 11.8. The average molecular weight is 289 g/mol. The van der Waals surface area contributed by atoms with Gasteiger partial charge in [0.2, 0.25) is 0 Å². The Bertz CT molecular complexity index is 556. The van der Waals surface area contributed by atoms with Crippen molar-refractivity contribution in [2.45, 2.75) is 6.54 Å². The van der Waals surface area contributed by atoms with Gasteiger partial charge in [-0.2, -0.15) is 0 Å². The minimum Gasteiger partial charge on any atom is -0.395 e. The van der Waals surface area contributed by atoms with Gasteiger partial charge in [0.15, 0.2) is 5.69 Å². The fourth-order valence-electron chi connectivity index (χ4n) is 1.81. The van der Waals surface area contributed by atoms with Crippen LogP contribution in [0.3, 0.4) is 0 Å². The van der Waals surface area contributed by atoms with Gasteiger partial charge in [0.1, 0.15) is 0 Å². The molecule has 112 valence electrons. The average Bonchev–Trinajstić information content (AvgIpc) is 2.96. The Hall–Kier alpha value is -2.25. The zero-order valence-corrected chi connectivity index (χ0v) is 11.7. The summed E-state index contributed by atoms with van der Waals surface area (Å²) in [6.07, 6.45) is 1.63. The summed E-state index contributed by atoms with van der Waals surface area (Å²) < 4.78 is 1.63. The lowest BCUT2D eigenvalue weighted by atomic mass is 10.2. The first-order valence-electron chi connectivity index (χ1n) is 6.83. The number of aliphatic hydroxyl groups is 1. The van der Waals surface area contributed by atoms with E-state index in [0.717, 1.165) is 5.56 Å². The van der Waals surface area contributed by atoms with E-state index in [9.17, 15) is 4.79 Å². The van der Waals surface area contributed by atoms with E-state index >= 15 is 0 Å². The molecule has 7 heteroatoms. The van der Waals surface area contributed by atoms with Crippen molar-refractivity contribution in [3.8, 4) is 0 Å². The van der Waals surface area contributed by atoms with E-state index in [1.54, 1.807) is 10.9 Å². The van der Waals surface area contributed by atoms with Crippen molar-refractivity contribution in [3.05, 3.63) is 47.8 Å². The van der Waals surface area contributed by atoms with Crippen molar-refractivity contribution in [2.75, 3.05) is 26.2 Å². The predicted octanol–water partition coefficient (Wildman–Crippen LogP) is -0.362. The van der Waals surface area contributed by atoms with Crippen LogP contribution in [0.4, 0.5) is 0 Å². The number of rotatable bonds is 8. The van der Waals surface area contributed by atoms with Gasteiger partial charge in [-0.1, -0.05) is 35.5 Å². The maximum atomic E-state index is 11.8. The normalized spacial score (nSPS) is 10.5. The zero-order valence-electron chi connectivity index (χ0n) is 11.7. The lowest BCUT2D eigenvalue weighted by Gasteiger charge is -2.03. The molecule has 0 unspecified atom stereocenters. The molecule has 0 radical (unpaired) electrons. The molecule has 0 bridgehead atoms. The number of nitrogens with one attached hydrogen (secondary N) is 2. The van der Waals surface area contributed by atoms with Crippen molar-refractivity contribution in [1.82, 2.24) is 25.6 Å². The minimum absolute atomic E-state index is 0.0851. The predicted molar refractivity (Wildman–Crippen MR) is 77.9 cm³/mol. The van der Waals surface area contributed by atoms with E-state index in [4.69, 9.17) is 5.11 Å². The number of carbonyl (C=O) groups is 1. The van der Waals surface area contributed by atoms with Gasteiger partial charge in [-0.3, -0.25) is 4.79 Å². The number of hydrogen-bond acceptors (Lipinski definition) is 5. The van der Waals surface area contributed by atoms with E-state index < -0.39 is 0 Å². The highest BCUT2D eigenvalue weighted by atomic mass is 16.3. The van der Waals surface area contributed by atoms with Gasteiger partial charge in [0.05, 0.1) is 19.3 Å². The fraction of sp³-hybridized carbons (Fsp3) is 0.357. The SMILES string of the molecule is O=C(NCCNCCO)c1cn(Cc2ccccc2)nn1. The highest BCUT2D eigenvalue weighted by Crippen LogP contribution is 2.02. The van der Waals surface area contributed by atoms with Crippen LogP contribution in [0.25, 0.3) is 0 Å². The van der Waals surface area contributed by atoms with Gasteiger partial charge in [-0.05, 0) is 5.56 Å². The number of hydrogen-bond donors (Lipinski definition) is 3. The van der Waals surface area contributed by atoms with E-state index in [2.05, 4.69) is 20.9 Å². The zero-order chi connectivity index (χ0) is 14.9. The fourth-order valence-corrected chi connectivity index (χ4v) is 1.81. The van der Waals surface area contributed by atoms with Gasteiger partial charge < -0.3 is 15.7 Å². The Morgan fingerprint density at radius 1 is 1.19 bits per heavy atom. The summed E-state index contributed by atoms with van der Waals surface area (Å²) in [6.45, 7) is 2.26. The Balaban J connectivity index is 1.80. The second kappa shape index (κ2) is 8.13. The van der Waals surface area contributed by atoms with Crippen molar-refractivity contribution >= 4 is 5.91 Å². The van der Waals surface area contributed by atoms with Crippen molar-refractivity contribution < 1.29 is 9.90 Å². The molecule has 0 aliphatic rings. The molecule has 3 N–H and O–H groups in total. The van der Waals surface area contributed by atoms with Crippen molar-refractivity contribution in [2.24, 2.45) is 0 Å². The molecule has 21 heavy (non-hydrogen) atoms. The number of nitrogens with zero attached hydrogens (tertiary/aromatic N) is 3. The standard InChI is InChI=1S/C14H19N5O2/c20-9-8-15-6-7-16-14(21)13-11-19(18-17-13)10-12-4-2-1-3-5-12/h1-5,11,15,20H,6-10H2,(H,16,21). The molecule has 0 saturated heterocycles. The lowest BCUT2D eigenvalue weighted by molar-refractivity contribution is 0.0949. The smallest absolute Gasteiger partial charge is 0.273 e. The van der Waals surface area contributed by atoms with Crippen LogP contribution in [0, 0.1) is 0 Å². The summed E-state index contributed by atoms with van der Waals surface area (Å²) in [5, 5.41) is 22.1. The minimum atomic E-state index is -0.250. The van der Waals surface area contributed by atoms with Gasteiger partial charge in [0, 0.05) is 19.6 Å². The Kier molecular flexibility index (Phi) is 5.86. The second-order valence-corrected chi connectivity index (χ2v) is 4.52. The Morgan fingerprint density at radius 3 is 2.76 bits per heavy atom. The number of benzene rings is 1. The van der Waals surface area contributed by atoms with Crippen LogP contribution in [0.5, 0.6) is 0 Å². The molecule has 1 aromatic carbocycles. The number of aromatic nitrogens is 3. The topological polar surface area (TPSA) is 92.1 Å². The van der Waals surface area contributed by atoms with Crippen LogP contribution >= 0.6 is 0 Å². The maximum Gasteiger partial charge on any atom is 0.273 e. The first-order valence-corrected chi connectivity index (χ1v) is 6.83. The van der Waals surface area contributed by atoms with Crippen LogP contribution in [-0.2, 0) is 6.54 Å². The van der Waals surface area contributed by atoms with Crippen molar-refractivity contribution in [1.29, 1.82) is 0 Å². The summed E-state index contributed by atoms with van der Waals surface area (Å²) in [7, 11) is 0. The van der Waals surface area contributed by atoms with Crippen LogP contribution in [-0.4, -0.2) is 52.2 Å². The summed E-state index contributed by atoms with van der Waals surface area (Å²) >= 11 is 0. The molecule has 0 aliphatic carbocycles. The summed E-state index contributed by atoms with van der Waals surface area (Å²) in [4.78, 5) is 11.8. The highest BCUT2D eigenvalue weighted by molar-refractivity contribution is 5.91. The van der Waals surface area contributed by atoms with Gasteiger partial charge in [-0.15, -0.1) is 5.10 Å². The molecule has 0 saturated carbocycles. The molecule has 2 rings (SSSR count). The first-order chi connectivity index (χ1) is 10.3. The molecule has 1 heterocycles. The van der Waals surface area contributed by atoms with E-state index in [1.165, 1.54) is 0 Å². The lowest BCUT2D eigenvalue weighted by Crippen LogP contribution is -2.33. The summed E-state index contributed by atoms with van der Waals surface area (Å²) in [5.74, 6) is -0.250. The van der Waals surface area contributed by atoms with Crippen LogP contribution in [0.1, 0.15) is 16.1 Å². The molecule has 1 aromatic heterocycles. The molecule has 7 nitrogen and oxygen atoms in total. The largest absolute Gasteiger partial charge is 0.395 e. The molecule has 0 aliphatic heterocycles. The molecule has 0 spiro atoms. The first kappa shape index (κ1) is 15.1. The highest BCUT2D eigenvalue weighted by Gasteiger charge is 2.09. The molecule has 0 atom stereocenters. The molecule has 0 fully saturated rings.